The van der Waals surface area contributed by atoms with Gasteiger partial charge >= 0.3 is 5.97 Å². The van der Waals surface area contributed by atoms with E-state index in [1.54, 1.807) is 0 Å². The van der Waals surface area contributed by atoms with Crippen LogP contribution in [0.1, 0.15) is 51.9 Å². The Morgan fingerprint density at radius 2 is 2.00 bits per heavy atom. The molecule has 0 N–H and O–H groups in total. The smallest absolute Gasteiger partial charge is 0.305 e. The average Bonchev–Trinajstić information content (AvgIpc) is 2.26. The third-order valence-corrected chi connectivity index (χ3v) is 3.49. The number of hydrogen-bond donors (Lipinski definition) is 0. The molecule has 1 atom stereocenters. The minimum Gasteiger partial charge on any atom is -0.469 e. The molecule has 1 saturated carbocycles. The van der Waals surface area contributed by atoms with Gasteiger partial charge in [-0.25, -0.2) is 0 Å². The van der Waals surface area contributed by atoms with Gasteiger partial charge in [0.1, 0.15) is 0 Å². The molecular weight excluding hydrogens is 176 g/mol. The van der Waals surface area contributed by atoms with Gasteiger partial charge in [0.2, 0.25) is 0 Å². The third-order valence-electron chi connectivity index (χ3n) is 3.49. The summed E-state index contributed by atoms with van der Waals surface area (Å²) >= 11 is 0. The summed E-state index contributed by atoms with van der Waals surface area (Å²) in [6, 6.07) is 0. The minimum absolute atomic E-state index is 0.0624. The fraction of sp³-hybridized carbons (Fsp3) is 0.917. The Morgan fingerprint density at radius 3 is 2.57 bits per heavy atom. The second-order valence-electron chi connectivity index (χ2n) is 4.49. The molecule has 0 aromatic rings. The number of rotatable bonds is 4. The van der Waals surface area contributed by atoms with Crippen molar-refractivity contribution >= 4 is 5.97 Å². The van der Waals surface area contributed by atoms with E-state index < -0.39 is 0 Å². The first-order valence-corrected chi connectivity index (χ1v) is 5.81. The van der Waals surface area contributed by atoms with Gasteiger partial charge in [0.25, 0.3) is 0 Å². The predicted molar refractivity (Wildman–Crippen MR) is 57.0 cm³/mol. The number of hydrogen-bond acceptors (Lipinski definition) is 2. The number of carbonyl (C=O) groups excluding carboxylic acids is 1. The minimum atomic E-state index is -0.0624. The first kappa shape index (κ1) is 11.5. The van der Waals surface area contributed by atoms with Crippen LogP contribution < -0.4 is 0 Å². The summed E-state index contributed by atoms with van der Waals surface area (Å²) in [5.74, 6) is 1.48. The Labute approximate surface area is 87.0 Å². The summed E-state index contributed by atoms with van der Waals surface area (Å²) < 4.78 is 4.65. The van der Waals surface area contributed by atoms with Gasteiger partial charge in [0, 0.05) is 6.42 Å². The van der Waals surface area contributed by atoms with Gasteiger partial charge in [-0.3, -0.25) is 4.79 Å². The molecule has 0 bridgehead atoms. The maximum absolute atomic E-state index is 11.0. The van der Waals surface area contributed by atoms with Gasteiger partial charge in [-0.2, -0.15) is 0 Å². The molecule has 82 valence electrons. The zero-order valence-electron chi connectivity index (χ0n) is 9.42. The third kappa shape index (κ3) is 3.69. The highest BCUT2D eigenvalue weighted by atomic mass is 16.5. The molecule has 0 spiro atoms. The molecule has 1 fully saturated rings. The van der Waals surface area contributed by atoms with E-state index in [0.717, 1.165) is 12.3 Å². The lowest BCUT2D eigenvalue weighted by atomic mass is 9.79. The van der Waals surface area contributed by atoms with Crippen LogP contribution in [-0.2, 0) is 9.53 Å². The normalized spacial score (nSPS) is 20.4. The van der Waals surface area contributed by atoms with E-state index in [4.69, 9.17) is 0 Å². The van der Waals surface area contributed by atoms with E-state index in [9.17, 15) is 4.79 Å². The number of ether oxygens (including phenoxy) is 1. The van der Waals surface area contributed by atoms with Crippen molar-refractivity contribution in [1.82, 2.24) is 0 Å². The summed E-state index contributed by atoms with van der Waals surface area (Å²) in [6.45, 7) is 2.28. The fourth-order valence-electron chi connectivity index (χ4n) is 2.39. The van der Waals surface area contributed by atoms with Crippen LogP contribution in [0.2, 0.25) is 0 Å². The molecule has 0 aliphatic heterocycles. The molecule has 14 heavy (non-hydrogen) atoms. The maximum Gasteiger partial charge on any atom is 0.305 e. The van der Waals surface area contributed by atoms with Gasteiger partial charge in [-0.05, 0) is 18.3 Å². The van der Waals surface area contributed by atoms with Gasteiger partial charge in [-0.15, -0.1) is 0 Å². The SMILES string of the molecule is COC(=O)CCC(C)C1CCCCC1. The van der Waals surface area contributed by atoms with Crippen molar-refractivity contribution < 1.29 is 9.53 Å². The molecule has 2 heteroatoms. The Hall–Kier alpha value is -0.530. The van der Waals surface area contributed by atoms with Gasteiger partial charge < -0.3 is 4.74 Å². The molecule has 0 saturated heterocycles. The Morgan fingerprint density at radius 1 is 1.36 bits per heavy atom. The highest BCUT2D eigenvalue weighted by Gasteiger charge is 2.20. The van der Waals surface area contributed by atoms with Crippen LogP contribution in [-0.4, -0.2) is 13.1 Å². The summed E-state index contributed by atoms with van der Waals surface area (Å²) in [4.78, 5) is 11.0. The van der Waals surface area contributed by atoms with E-state index in [1.165, 1.54) is 39.2 Å². The number of carbonyl (C=O) groups is 1. The number of esters is 1. The molecule has 0 aromatic carbocycles. The van der Waals surface area contributed by atoms with Crippen LogP contribution in [0.25, 0.3) is 0 Å². The molecule has 1 rings (SSSR count). The molecule has 2 nitrogen and oxygen atoms in total. The van der Waals surface area contributed by atoms with E-state index in [-0.39, 0.29) is 5.97 Å². The molecule has 0 radical (unpaired) electrons. The van der Waals surface area contributed by atoms with Crippen LogP contribution in [0.15, 0.2) is 0 Å². The standard InChI is InChI=1S/C12H22O2/c1-10(8-9-12(13)14-2)11-6-4-3-5-7-11/h10-11H,3-9H2,1-2H3. The van der Waals surface area contributed by atoms with E-state index in [2.05, 4.69) is 11.7 Å². The first-order chi connectivity index (χ1) is 6.74. The van der Waals surface area contributed by atoms with E-state index in [0.29, 0.717) is 12.3 Å². The topological polar surface area (TPSA) is 26.3 Å². The predicted octanol–water partition coefficient (Wildman–Crippen LogP) is 3.16. The van der Waals surface area contributed by atoms with Gasteiger partial charge in [0.05, 0.1) is 7.11 Å². The van der Waals surface area contributed by atoms with Crippen molar-refractivity contribution in [3.63, 3.8) is 0 Å². The highest BCUT2D eigenvalue weighted by Crippen LogP contribution is 2.31. The molecule has 0 amide bonds. The van der Waals surface area contributed by atoms with Crippen molar-refractivity contribution in [2.24, 2.45) is 11.8 Å². The van der Waals surface area contributed by atoms with Gasteiger partial charge in [0.15, 0.2) is 0 Å². The van der Waals surface area contributed by atoms with Crippen LogP contribution in [0.3, 0.4) is 0 Å². The molecule has 1 unspecified atom stereocenters. The van der Waals surface area contributed by atoms with Crippen LogP contribution in [0, 0.1) is 11.8 Å². The quantitative estimate of drug-likeness (QED) is 0.649. The second kappa shape index (κ2) is 6.05. The lowest BCUT2D eigenvalue weighted by molar-refractivity contribution is -0.141. The summed E-state index contributed by atoms with van der Waals surface area (Å²) in [5.41, 5.74) is 0. The molecule has 1 aliphatic carbocycles. The Bertz CT molecular complexity index is 171. The van der Waals surface area contributed by atoms with Gasteiger partial charge in [-0.1, -0.05) is 39.0 Å². The van der Waals surface area contributed by atoms with E-state index >= 15 is 0 Å². The molecular formula is C12H22O2. The largest absolute Gasteiger partial charge is 0.469 e. The summed E-state index contributed by atoms with van der Waals surface area (Å²) in [6.07, 6.45) is 8.48. The lowest BCUT2D eigenvalue weighted by Gasteiger charge is -2.27. The fourth-order valence-corrected chi connectivity index (χ4v) is 2.39. The van der Waals surface area contributed by atoms with Crippen molar-refractivity contribution in [1.29, 1.82) is 0 Å². The lowest BCUT2D eigenvalue weighted by Crippen LogP contribution is -2.16. The summed E-state index contributed by atoms with van der Waals surface area (Å²) in [7, 11) is 1.47. The number of methoxy groups -OCH3 is 1. The highest BCUT2D eigenvalue weighted by molar-refractivity contribution is 5.69. The first-order valence-electron chi connectivity index (χ1n) is 5.81. The van der Waals surface area contributed by atoms with Crippen LogP contribution in [0.5, 0.6) is 0 Å². The van der Waals surface area contributed by atoms with Crippen molar-refractivity contribution in [2.45, 2.75) is 51.9 Å². The Kier molecular flexibility index (Phi) is 4.99. The zero-order valence-corrected chi connectivity index (χ0v) is 9.42. The molecule has 0 heterocycles. The summed E-state index contributed by atoms with van der Waals surface area (Å²) in [5, 5.41) is 0. The Balaban J connectivity index is 2.19. The molecule has 0 aromatic heterocycles. The average molecular weight is 198 g/mol. The second-order valence-corrected chi connectivity index (χ2v) is 4.49. The maximum atomic E-state index is 11.0. The zero-order chi connectivity index (χ0) is 10.4. The molecule has 1 aliphatic rings. The van der Waals surface area contributed by atoms with Crippen LogP contribution in [0.4, 0.5) is 0 Å². The van der Waals surface area contributed by atoms with E-state index in [1.807, 2.05) is 0 Å². The van der Waals surface area contributed by atoms with Crippen molar-refractivity contribution in [2.75, 3.05) is 7.11 Å². The van der Waals surface area contributed by atoms with Crippen LogP contribution >= 0.6 is 0 Å². The monoisotopic (exact) mass is 198 g/mol. The van der Waals surface area contributed by atoms with Crippen molar-refractivity contribution in [3.8, 4) is 0 Å². The van der Waals surface area contributed by atoms with Crippen molar-refractivity contribution in [3.05, 3.63) is 0 Å².